The number of halogens is 5. The van der Waals surface area contributed by atoms with Crippen LogP contribution in [0.2, 0.25) is 5.02 Å². The van der Waals surface area contributed by atoms with E-state index in [9.17, 15) is 22.4 Å². The highest BCUT2D eigenvalue weighted by Gasteiger charge is 2.33. The van der Waals surface area contributed by atoms with Gasteiger partial charge >= 0.3 is 6.18 Å². The van der Waals surface area contributed by atoms with Crippen molar-refractivity contribution in [3.05, 3.63) is 64.4 Å². The zero-order chi connectivity index (χ0) is 18.4. The smallest absolute Gasteiger partial charge is 0.386 e. The molecule has 0 spiro atoms. The minimum absolute atomic E-state index is 0.0761. The van der Waals surface area contributed by atoms with Crippen LogP contribution in [0.1, 0.15) is 11.1 Å². The Morgan fingerprint density at radius 2 is 1.88 bits per heavy atom. The number of anilines is 1. The Kier molecular flexibility index (Phi) is 5.97. The number of carbonyl (C=O) groups excluding carboxylic acids is 1. The molecule has 4 nitrogen and oxygen atoms in total. The van der Waals surface area contributed by atoms with Gasteiger partial charge in [-0.15, -0.1) is 0 Å². The van der Waals surface area contributed by atoms with Gasteiger partial charge in [-0.25, -0.2) is 4.39 Å². The van der Waals surface area contributed by atoms with Crippen molar-refractivity contribution in [1.82, 2.24) is 0 Å². The van der Waals surface area contributed by atoms with Crippen molar-refractivity contribution in [1.29, 1.82) is 0 Å². The van der Waals surface area contributed by atoms with Crippen molar-refractivity contribution in [2.45, 2.75) is 6.18 Å². The van der Waals surface area contributed by atoms with Gasteiger partial charge in [0.1, 0.15) is 5.82 Å². The standard InChI is InChI=1S/C16H11ClF4N2O2/c17-14-6-5-12(7-13(14)16(19,20)21)23-15(24)9-25-22-8-10-1-3-11(18)4-2-10/h1-8H,9H2,(H,23,24)/b22-8+. The van der Waals surface area contributed by atoms with Crippen LogP contribution in [-0.2, 0) is 15.8 Å². The molecule has 9 heteroatoms. The van der Waals surface area contributed by atoms with Crippen LogP contribution in [0.25, 0.3) is 0 Å². The number of carbonyl (C=O) groups is 1. The summed E-state index contributed by atoms with van der Waals surface area (Å²) >= 11 is 5.49. The largest absolute Gasteiger partial charge is 0.417 e. The van der Waals surface area contributed by atoms with E-state index in [0.717, 1.165) is 12.1 Å². The second-order valence-electron chi connectivity index (χ2n) is 4.80. The average Bonchev–Trinajstić information content (AvgIpc) is 2.54. The molecule has 132 valence electrons. The number of nitrogens with zero attached hydrogens (tertiary/aromatic N) is 1. The Hall–Kier alpha value is -2.61. The number of rotatable bonds is 5. The monoisotopic (exact) mass is 374 g/mol. The number of hydrogen-bond acceptors (Lipinski definition) is 3. The molecule has 1 N–H and O–H groups in total. The van der Waals surface area contributed by atoms with Crippen LogP contribution in [-0.4, -0.2) is 18.7 Å². The zero-order valence-corrected chi connectivity index (χ0v) is 13.2. The molecule has 0 aromatic heterocycles. The van der Waals surface area contributed by atoms with Gasteiger partial charge in [0.15, 0.2) is 6.61 Å². The van der Waals surface area contributed by atoms with Gasteiger partial charge in [-0.05, 0) is 35.9 Å². The molecular formula is C16H11ClF4N2O2. The number of benzene rings is 2. The van der Waals surface area contributed by atoms with Crippen molar-refractivity contribution in [2.75, 3.05) is 11.9 Å². The predicted molar refractivity (Wildman–Crippen MR) is 85.0 cm³/mol. The van der Waals surface area contributed by atoms with Gasteiger partial charge in [-0.1, -0.05) is 28.9 Å². The SMILES string of the molecule is O=C(CO/N=C/c1ccc(F)cc1)Nc1ccc(Cl)c(C(F)(F)F)c1. The minimum atomic E-state index is -4.63. The van der Waals surface area contributed by atoms with E-state index < -0.39 is 35.1 Å². The first-order valence-electron chi connectivity index (χ1n) is 6.83. The number of alkyl halides is 3. The van der Waals surface area contributed by atoms with Gasteiger partial charge < -0.3 is 10.2 Å². The third kappa shape index (κ3) is 5.75. The molecule has 0 bridgehead atoms. The van der Waals surface area contributed by atoms with Crippen LogP contribution in [0.5, 0.6) is 0 Å². The number of amides is 1. The minimum Gasteiger partial charge on any atom is -0.386 e. The van der Waals surface area contributed by atoms with Crippen LogP contribution >= 0.6 is 11.6 Å². The maximum atomic E-state index is 12.7. The molecule has 0 aliphatic carbocycles. The van der Waals surface area contributed by atoms with E-state index >= 15 is 0 Å². The molecule has 1 amide bonds. The number of oxime groups is 1. The van der Waals surface area contributed by atoms with Gasteiger partial charge in [0.2, 0.25) is 0 Å². The summed E-state index contributed by atoms with van der Waals surface area (Å²) in [5.41, 5.74) is -0.579. The lowest BCUT2D eigenvalue weighted by molar-refractivity contribution is -0.137. The second kappa shape index (κ2) is 7.98. The molecule has 0 aliphatic rings. The van der Waals surface area contributed by atoms with E-state index in [1.54, 1.807) is 0 Å². The van der Waals surface area contributed by atoms with E-state index in [1.165, 1.54) is 36.5 Å². The molecule has 0 saturated carbocycles. The molecule has 25 heavy (non-hydrogen) atoms. The summed E-state index contributed by atoms with van der Waals surface area (Å²) in [4.78, 5) is 16.4. The van der Waals surface area contributed by atoms with Gasteiger partial charge in [-0.3, -0.25) is 4.79 Å². The highest BCUT2D eigenvalue weighted by atomic mass is 35.5. The van der Waals surface area contributed by atoms with E-state index in [0.29, 0.717) is 5.56 Å². The maximum Gasteiger partial charge on any atom is 0.417 e. The Labute approximate surface area is 145 Å². The van der Waals surface area contributed by atoms with E-state index in [1.807, 2.05) is 0 Å². The fourth-order valence-electron chi connectivity index (χ4n) is 1.76. The predicted octanol–water partition coefficient (Wildman–Crippen LogP) is 4.49. The van der Waals surface area contributed by atoms with Crippen LogP contribution in [0.15, 0.2) is 47.6 Å². The van der Waals surface area contributed by atoms with Crippen molar-refractivity contribution in [2.24, 2.45) is 5.16 Å². The van der Waals surface area contributed by atoms with Gasteiger partial charge in [0.05, 0.1) is 16.8 Å². The molecule has 2 aromatic rings. The average molecular weight is 375 g/mol. The fraction of sp³-hybridized carbons (Fsp3) is 0.125. The Morgan fingerprint density at radius 1 is 1.20 bits per heavy atom. The lowest BCUT2D eigenvalue weighted by atomic mass is 10.2. The van der Waals surface area contributed by atoms with Crippen molar-refractivity contribution < 1.29 is 27.2 Å². The Balaban J connectivity index is 1.89. The molecule has 0 atom stereocenters. The normalized spacial score (nSPS) is 11.6. The van der Waals surface area contributed by atoms with Gasteiger partial charge in [0.25, 0.3) is 5.91 Å². The first-order valence-corrected chi connectivity index (χ1v) is 7.21. The first-order chi connectivity index (χ1) is 11.8. The second-order valence-corrected chi connectivity index (χ2v) is 5.21. The maximum absolute atomic E-state index is 12.7. The third-order valence-electron chi connectivity index (χ3n) is 2.90. The van der Waals surface area contributed by atoms with Crippen molar-refractivity contribution in [3.63, 3.8) is 0 Å². The zero-order valence-electron chi connectivity index (χ0n) is 12.5. The lowest BCUT2D eigenvalue weighted by Crippen LogP contribution is -2.17. The lowest BCUT2D eigenvalue weighted by Gasteiger charge is -2.11. The quantitative estimate of drug-likeness (QED) is 0.476. The molecule has 0 aliphatic heterocycles. The van der Waals surface area contributed by atoms with Crippen molar-refractivity contribution >= 4 is 29.4 Å². The molecule has 0 unspecified atom stereocenters. The summed E-state index contributed by atoms with van der Waals surface area (Å²) < 4.78 is 50.9. The van der Waals surface area contributed by atoms with Crippen LogP contribution < -0.4 is 5.32 Å². The molecular weight excluding hydrogens is 364 g/mol. The van der Waals surface area contributed by atoms with E-state index in [4.69, 9.17) is 16.4 Å². The van der Waals surface area contributed by atoms with E-state index in [-0.39, 0.29) is 5.69 Å². The molecule has 2 rings (SSSR count). The molecule has 0 radical (unpaired) electrons. The molecule has 2 aromatic carbocycles. The highest BCUT2D eigenvalue weighted by Crippen LogP contribution is 2.36. The van der Waals surface area contributed by atoms with Crippen LogP contribution in [0.3, 0.4) is 0 Å². The summed E-state index contributed by atoms with van der Waals surface area (Å²) in [7, 11) is 0. The highest BCUT2D eigenvalue weighted by molar-refractivity contribution is 6.31. The number of nitrogens with one attached hydrogen (secondary N) is 1. The molecule has 0 heterocycles. The summed E-state index contributed by atoms with van der Waals surface area (Å²) in [5, 5.41) is 5.29. The summed E-state index contributed by atoms with van der Waals surface area (Å²) in [6.07, 6.45) is -3.37. The van der Waals surface area contributed by atoms with Crippen LogP contribution in [0, 0.1) is 5.82 Å². The molecule has 0 saturated heterocycles. The fourth-order valence-corrected chi connectivity index (χ4v) is 1.98. The van der Waals surface area contributed by atoms with Crippen LogP contribution in [0.4, 0.5) is 23.2 Å². The van der Waals surface area contributed by atoms with Gasteiger partial charge in [-0.2, -0.15) is 13.2 Å². The Morgan fingerprint density at radius 3 is 2.52 bits per heavy atom. The number of hydrogen-bond donors (Lipinski definition) is 1. The summed E-state index contributed by atoms with van der Waals surface area (Å²) in [6.45, 7) is -0.512. The first kappa shape index (κ1) is 18.7. The van der Waals surface area contributed by atoms with Crippen molar-refractivity contribution in [3.8, 4) is 0 Å². The third-order valence-corrected chi connectivity index (χ3v) is 3.23. The Bertz CT molecular complexity index is 777. The summed E-state index contributed by atoms with van der Waals surface area (Å²) in [5.74, 6) is -1.11. The van der Waals surface area contributed by atoms with Gasteiger partial charge in [0, 0.05) is 5.69 Å². The summed E-state index contributed by atoms with van der Waals surface area (Å²) in [6, 6.07) is 8.36. The topological polar surface area (TPSA) is 50.7 Å². The molecule has 0 fully saturated rings. The van der Waals surface area contributed by atoms with E-state index in [2.05, 4.69) is 10.5 Å².